The Morgan fingerprint density at radius 3 is 2.60 bits per heavy atom. The third-order valence-corrected chi connectivity index (χ3v) is 5.71. The van der Waals surface area contributed by atoms with E-state index in [9.17, 15) is 4.79 Å². The van der Waals surface area contributed by atoms with Gasteiger partial charge in [0.15, 0.2) is 5.54 Å². The van der Waals surface area contributed by atoms with Gasteiger partial charge in [-0.2, -0.15) is 0 Å². The number of ether oxygens (including phenoxy) is 1. The molecule has 4 atom stereocenters. The van der Waals surface area contributed by atoms with Crippen LogP contribution in [0.5, 0.6) is 0 Å². The lowest BCUT2D eigenvalue weighted by atomic mass is 9.80. The second-order valence-electron chi connectivity index (χ2n) is 8.03. The minimum atomic E-state index is -0.771. The second-order valence-corrected chi connectivity index (χ2v) is 8.03. The molecule has 3 rings (SSSR count). The first kappa shape index (κ1) is 13.8. The van der Waals surface area contributed by atoms with Gasteiger partial charge in [0.05, 0.1) is 5.71 Å². The fourth-order valence-corrected chi connectivity index (χ4v) is 4.25. The van der Waals surface area contributed by atoms with Crippen LogP contribution in [-0.4, -0.2) is 22.8 Å². The molecule has 2 saturated carbocycles. The molecule has 2 fully saturated rings. The number of rotatable bonds is 2. The van der Waals surface area contributed by atoms with E-state index < -0.39 is 11.1 Å². The summed E-state index contributed by atoms with van der Waals surface area (Å²) in [5.41, 5.74) is 1.19. The number of carbonyl (C=O) groups is 1. The van der Waals surface area contributed by atoms with Gasteiger partial charge in [-0.15, -0.1) is 6.58 Å². The Morgan fingerprint density at radius 2 is 2.00 bits per heavy atom. The van der Waals surface area contributed by atoms with Crippen molar-refractivity contribution in [1.82, 2.24) is 0 Å². The second kappa shape index (κ2) is 3.75. The highest BCUT2D eigenvalue weighted by Crippen LogP contribution is 2.66. The van der Waals surface area contributed by atoms with E-state index in [2.05, 4.69) is 20.4 Å². The van der Waals surface area contributed by atoms with E-state index in [-0.39, 0.29) is 5.97 Å². The van der Waals surface area contributed by atoms with E-state index in [4.69, 9.17) is 9.73 Å². The minimum absolute atomic E-state index is 0.191. The van der Waals surface area contributed by atoms with Gasteiger partial charge in [0.25, 0.3) is 0 Å². The predicted molar refractivity (Wildman–Crippen MR) is 79.8 cm³/mol. The topological polar surface area (TPSA) is 38.7 Å². The summed E-state index contributed by atoms with van der Waals surface area (Å²) in [6.45, 7) is 14.4. The van der Waals surface area contributed by atoms with Crippen LogP contribution in [0.4, 0.5) is 0 Å². The van der Waals surface area contributed by atoms with Gasteiger partial charge >= 0.3 is 5.97 Å². The van der Waals surface area contributed by atoms with Crippen LogP contribution in [0.25, 0.3) is 0 Å². The number of esters is 1. The highest BCUT2D eigenvalue weighted by molar-refractivity contribution is 6.01. The molecule has 0 radical (unpaired) electrons. The van der Waals surface area contributed by atoms with Crippen LogP contribution in [0.3, 0.4) is 0 Å². The average molecular weight is 275 g/mol. The van der Waals surface area contributed by atoms with E-state index in [1.807, 2.05) is 20.8 Å². The molecule has 0 aromatic carbocycles. The zero-order valence-corrected chi connectivity index (χ0v) is 13.2. The fourth-order valence-electron chi connectivity index (χ4n) is 4.25. The lowest BCUT2D eigenvalue weighted by Crippen LogP contribution is -2.54. The number of aliphatic imine (C=N–C) groups is 1. The first-order valence-electron chi connectivity index (χ1n) is 7.55. The van der Waals surface area contributed by atoms with Crippen LogP contribution in [0.2, 0.25) is 0 Å². The van der Waals surface area contributed by atoms with Crippen molar-refractivity contribution in [3.8, 4) is 0 Å². The molecule has 0 unspecified atom stereocenters. The molecule has 2 aliphatic carbocycles. The zero-order valence-electron chi connectivity index (χ0n) is 13.2. The van der Waals surface area contributed by atoms with Crippen molar-refractivity contribution < 1.29 is 9.53 Å². The van der Waals surface area contributed by atoms with Crippen LogP contribution in [0.15, 0.2) is 17.1 Å². The van der Waals surface area contributed by atoms with Crippen LogP contribution < -0.4 is 0 Å². The predicted octanol–water partition coefficient (Wildman–Crippen LogP) is 3.53. The molecule has 0 amide bonds. The Bertz CT molecular complexity index is 533. The molecule has 0 N–H and O–H groups in total. The molecular weight excluding hydrogens is 250 g/mol. The number of nitrogens with zero attached hydrogens (tertiary/aromatic N) is 1. The summed E-state index contributed by atoms with van der Waals surface area (Å²) in [6, 6.07) is 0. The molecule has 3 aliphatic rings. The lowest BCUT2D eigenvalue weighted by Gasteiger charge is -2.42. The summed E-state index contributed by atoms with van der Waals surface area (Å²) in [7, 11) is 0. The van der Waals surface area contributed by atoms with E-state index in [1.54, 1.807) is 0 Å². The number of hydrogen-bond donors (Lipinski definition) is 0. The highest BCUT2D eigenvalue weighted by atomic mass is 16.6. The minimum Gasteiger partial charge on any atom is -0.451 e. The van der Waals surface area contributed by atoms with Gasteiger partial charge < -0.3 is 4.74 Å². The maximum absolute atomic E-state index is 12.4. The third-order valence-electron chi connectivity index (χ3n) is 5.71. The highest BCUT2D eigenvalue weighted by Gasteiger charge is 2.65. The summed E-state index contributed by atoms with van der Waals surface area (Å²) in [6.07, 6.45) is 2.48. The van der Waals surface area contributed by atoms with Crippen LogP contribution in [0.1, 0.15) is 53.9 Å². The lowest BCUT2D eigenvalue weighted by molar-refractivity contribution is -0.162. The van der Waals surface area contributed by atoms with Crippen molar-refractivity contribution >= 4 is 11.7 Å². The van der Waals surface area contributed by atoms with E-state index in [0.717, 1.165) is 24.1 Å². The quantitative estimate of drug-likeness (QED) is 0.571. The van der Waals surface area contributed by atoms with Crippen molar-refractivity contribution in [2.45, 2.75) is 65.0 Å². The zero-order chi connectivity index (χ0) is 14.9. The molecule has 3 nitrogen and oxygen atoms in total. The summed E-state index contributed by atoms with van der Waals surface area (Å²) < 4.78 is 5.87. The smallest absolute Gasteiger partial charge is 0.334 e. The molecule has 3 heteroatoms. The van der Waals surface area contributed by atoms with Crippen molar-refractivity contribution in [1.29, 1.82) is 0 Å². The van der Waals surface area contributed by atoms with Gasteiger partial charge in [-0.05, 0) is 50.9 Å². The molecular formula is C17H25NO2. The maximum atomic E-state index is 12.4. The molecule has 110 valence electrons. The van der Waals surface area contributed by atoms with Gasteiger partial charge in [0, 0.05) is 6.42 Å². The number of carbonyl (C=O) groups excluding carboxylic acids is 1. The molecule has 0 saturated heterocycles. The molecule has 0 aromatic heterocycles. The van der Waals surface area contributed by atoms with Crippen molar-refractivity contribution in [3.63, 3.8) is 0 Å². The SMILES string of the molecule is C=C(C)C[C@]1(C)N=C2C[C@@H]3[C@H](C[C@]2(C)OC1=O)C3(C)C. The molecule has 1 heterocycles. The van der Waals surface area contributed by atoms with Gasteiger partial charge in [0.2, 0.25) is 0 Å². The normalized spacial score (nSPS) is 44.9. The van der Waals surface area contributed by atoms with Gasteiger partial charge in [-0.1, -0.05) is 19.4 Å². The standard InChI is InChI=1S/C17H25NO2/c1-10(2)8-16(5)14(19)20-17(6)9-12-11(15(12,3)4)7-13(17)18-16/h11-12H,1,7-9H2,2-6H3/t11-,12+,16+,17+/m1/s1. The fraction of sp³-hybridized carbons (Fsp3) is 0.765. The summed E-state index contributed by atoms with van der Waals surface area (Å²) in [5, 5.41) is 0. The third kappa shape index (κ3) is 1.78. The van der Waals surface area contributed by atoms with E-state index in [0.29, 0.717) is 23.7 Å². The Hall–Kier alpha value is -1.12. The van der Waals surface area contributed by atoms with Gasteiger partial charge in [0.1, 0.15) is 5.60 Å². The van der Waals surface area contributed by atoms with Crippen LogP contribution >= 0.6 is 0 Å². The largest absolute Gasteiger partial charge is 0.451 e. The number of fused-ring (bicyclic) bond motifs is 2. The molecule has 0 bridgehead atoms. The summed E-state index contributed by atoms with van der Waals surface area (Å²) >= 11 is 0. The van der Waals surface area contributed by atoms with Gasteiger partial charge in [-0.25, -0.2) is 4.79 Å². The monoisotopic (exact) mass is 275 g/mol. The van der Waals surface area contributed by atoms with Crippen molar-refractivity contribution in [2.75, 3.05) is 0 Å². The molecule has 0 aromatic rings. The van der Waals surface area contributed by atoms with Crippen molar-refractivity contribution in [3.05, 3.63) is 12.2 Å². The van der Waals surface area contributed by atoms with Crippen molar-refractivity contribution in [2.24, 2.45) is 22.2 Å². The first-order chi connectivity index (χ1) is 9.08. The Balaban J connectivity index is 1.95. The molecule has 20 heavy (non-hydrogen) atoms. The average Bonchev–Trinajstić information content (AvgIpc) is 2.77. The molecule has 0 spiro atoms. The summed E-state index contributed by atoms with van der Waals surface area (Å²) in [4.78, 5) is 17.3. The number of hydrogen-bond acceptors (Lipinski definition) is 3. The molecule has 1 aliphatic heterocycles. The Kier molecular flexibility index (Phi) is 2.59. The Labute approximate surface area is 121 Å². The van der Waals surface area contributed by atoms with Crippen LogP contribution in [0, 0.1) is 17.3 Å². The van der Waals surface area contributed by atoms with E-state index in [1.165, 1.54) is 0 Å². The first-order valence-corrected chi connectivity index (χ1v) is 7.55. The van der Waals surface area contributed by atoms with Crippen LogP contribution in [-0.2, 0) is 9.53 Å². The Morgan fingerprint density at radius 1 is 1.35 bits per heavy atom. The maximum Gasteiger partial charge on any atom is 0.334 e. The summed E-state index contributed by atoms with van der Waals surface area (Å²) in [5.74, 6) is 1.19. The van der Waals surface area contributed by atoms with E-state index >= 15 is 0 Å². The van der Waals surface area contributed by atoms with Gasteiger partial charge in [-0.3, -0.25) is 4.99 Å².